The van der Waals surface area contributed by atoms with Crippen LogP contribution in [-0.4, -0.2) is 43.8 Å². The molecule has 1 saturated heterocycles. The molecular formula is C9H14F3NO2. The van der Waals surface area contributed by atoms with Crippen LogP contribution in [0.15, 0.2) is 0 Å². The zero-order valence-electron chi connectivity index (χ0n) is 8.67. The molecule has 2 unspecified atom stereocenters. The first-order chi connectivity index (χ1) is 6.86. The van der Waals surface area contributed by atoms with E-state index >= 15 is 0 Å². The van der Waals surface area contributed by atoms with Crippen molar-refractivity contribution in [2.45, 2.75) is 25.1 Å². The van der Waals surface area contributed by atoms with Gasteiger partial charge in [-0.25, -0.2) is 0 Å². The lowest BCUT2D eigenvalue weighted by molar-refractivity contribution is -0.194. The lowest BCUT2D eigenvalue weighted by Gasteiger charge is -2.36. The van der Waals surface area contributed by atoms with E-state index in [2.05, 4.69) is 4.74 Å². The highest BCUT2D eigenvalue weighted by atomic mass is 19.4. The Balaban J connectivity index is 2.68. The van der Waals surface area contributed by atoms with E-state index in [1.165, 1.54) is 19.1 Å². The summed E-state index contributed by atoms with van der Waals surface area (Å²) in [7, 11) is 2.62. The standard InChI is InChI=1S/C9H14F3NO2/c1-13-4-3-6(8(14)15-2)5-7(13)9(10,11)12/h6-7H,3-5H2,1-2H3. The molecule has 1 heterocycles. The van der Waals surface area contributed by atoms with E-state index in [9.17, 15) is 18.0 Å². The minimum absolute atomic E-state index is 0.202. The molecule has 0 aromatic carbocycles. The van der Waals surface area contributed by atoms with Crippen LogP contribution in [-0.2, 0) is 9.53 Å². The number of likely N-dealkylation sites (tertiary alicyclic amines) is 1. The Hall–Kier alpha value is -0.780. The Labute approximate surface area is 86.2 Å². The summed E-state index contributed by atoms with van der Waals surface area (Å²) in [5, 5.41) is 0. The van der Waals surface area contributed by atoms with Gasteiger partial charge in [0, 0.05) is 0 Å². The number of methoxy groups -OCH3 is 1. The number of piperidine rings is 1. The quantitative estimate of drug-likeness (QED) is 0.632. The molecule has 88 valence electrons. The van der Waals surface area contributed by atoms with Gasteiger partial charge in [-0.2, -0.15) is 13.2 Å². The second-order valence-electron chi connectivity index (χ2n) is 3.78. The summed E-state index contributed by atoms with van der Waals surface area (Å²) >= 11 is 0. The molecule has 2 atom stereocenters. The van der Waals surface area contributed by atoms with Crippen molar-refractivity contribution >= 4 is 5.97 Å². The van der Waals surface area contributed by atoms with Gasteiger partial charge in [-0.05, 0) is 26.4 Å². The monoisotopic (exact) mass is 225 g/mol. The molecule has 0 aromatic heterocycles. The average molecular weight is 225 g/mol. The number of halogens is 3. The maximum Gasteiger partial charge on any atom is 0.404 e. The summed E-state index contributed by atoms with van der Waals surface area (Å²) in [6.45, 7) is 0.268. The lowest BCUT2D eigenvalue weighted by Crippen LogP contribution is -2.50. The number of rotatable bonds is 1. The van der Waals surface area contributed by atoms with Gasteiger partial charge >= 0.3 is 12.1 Å². The van der Waals surface area contributed by atoms with Crippen molar-refractivity contribution in [2.75, 3.05) is 20.7 Å². The van der Waals surface area contributed by atoms with Crippen molar-refractivity contribution in [3.05, 3.63) is 0 Å². The minimum atomic E-state index is -4.28. The van der Waals surface area contributed by atoms with E-state index in [0.717, 1.165) is 0 Å². The number of hydrogen-bond acceptors (Lipinski definition) is 3. The van der Waals surface area contributed by atoms with E-state index in [1.54, 1.807) is 0 Å². The highest BCUT2D eigenvalue weighted by Crippen LogP contribution is 2.33. The van der Waals surface area contributed by atoms with Crippen molar-refractivity contribution in [2.24, 2.45) is 5.92 Å². The van der Waals surface area contributed by atoms with Crippen molar-refractivity contribution < 1.29 is 22.7 Å². The van der Waals surface area contributed by atoms with E-state index in [-0.39, 0.29) is 13.0 Å². The number of carbonyl (C=O) groups excluding carboxylic acids is 1. The number of ether oxygens (including phenoxy) is 1. The van der Waals surface area contributed by atoms with Gasteiger partial charge in [-0.1, -0.05) is 0 Å². The predicted molar refractivity (Wildman–Crippen MR) is 47.2 cm³/mol. The number of alkyl halides is 3. The van der Waals surface area contributed by atoms with Crippen LogP contribution in [0.1, 0.15) is 12.8 Å². The van der Waals surface area contributed by atoms with Gasteiger partial charge in [0.05, 0.1) is 13.0 Å². The fourth-order valence-electron chi connectivity index (χ4n) is 1.85. The Bertz CT molecular complexity index is 242. The predicted octanol–water partition coefficient (Wildman–Crippen LogP) is 1.43. The Morgan fingerprint density at radius 3 is 2.53 bits per heavy atom. The van der Waals surface area contributed by atoms with Gasteiger partial charge in [0.25, 0.3) is 0 Å². The molecule has 0 spiro atoms. The van der Waals surface area contributed by atoms with Gasteiger partial charge in [0.2, 0.25) is 0 Å². The van der Waals surface area contributed by atoms with Gasteiger partial charge in [-0.15, -0.1) is 0 Å². The average Bonchev–Trinajstić information content (AvgIpc) is 2.15. The second-order valence-corrected chi connectivity index (χ2v) is 3.78. The molecule has 1 aliphatic heterocycles. The number of carbonyl (C=O) groups is 1. The van der Waals surface area contributed by atoms with Crippen LogP contribution >= 0.6 is 0 Å². The number of hydrogen-bond donors (Lipinski definition) is 0. The summed E-state index contributed by atoms with van der Waals surface area (Å²) in [6.07, 6.45) is -4.05. The summed E-state index contributed by atoms with van der Waals surface area (Å²) in [4.78, 5) is 12.4. The molecular weight excluding hydrogens is 211 g/mol. The molecule has 15 heavy (non-hydrogen) atoms. The van der Waals surface area contributed by atoms with E-state index in [0.29, 0.717) is 6.42 Å². The smallest absolute Gasteiger partial charge is 0.404 e. The van der Waals surface area contributed by atoms with Crippen LogP contribution in [0.5, 0.6) is 0 Å². The fourth-order valence-corrected chi connectivity index (χ4v) is 1.85. The first kappa shape index (κ1) is 12.3. The number of esters is 1. The molecule has 0 aromatic rings. The molecule has 3 nitrogen and oxygen atoms in total. The van der Waals surface area contributed by atoms with Crippen LogP contribution < -0.4 is 0 Å². The molecule has 1 rings (SSSR count). The van der Waals surface area contributed by atoms with Gasteiger partial charge in [0.1, 0.15) is 6.04 Å². The first-order valence-electron chi connectivity index (χ1n) is 4.71. The van der Waals surface area contributed by atoms with Crippen LogP contribution in [0.25, 0.3) is 0 Å². The van der Waals surface area contributed by atoms with Crippen LogP contribution in [0.4, 0.5) is 13.2 Å². The minimum Gasteiger partial charge on any atom is -0.469 e. The zero-order chi connectivity index (χ0) is 11.6. The van der Waals surface area contributed by atoms with Gasteiger partial charge in [-0.3, -0.25) is 9.69 Å². The third kappa shape index (κ3) is 2.84. The zero-order valence-corrected chi connectivity index (χ0v) is 8.67. The topological polar surface area (TPSA) is 29.5 Å². The Morgan fingerprint density at radius 2 is 2.07 bits per heavy atom. The summed E-state index contributed by atoms with van der Waals surface area (Å²) < 4.78 is 42.1. The maximum atomic E-state index is 12.5. The Kier molecular flexibility index (Phi) is 3.59. The molecule has 1 fully saturated rings. The van der Waals surface area contributed by atoms with Crippen molar-refractivity contribution in [3.63, 3.8) is 0 Å². The molecule has 0 bridgehead atoms. The lowest BCUT2D eigenvalue weighted by atomic mass is 9.91. The van der Waals surface area contributed by atoms with Crippen molar-refractivity contribution in [3.8, 4) is 0 Å². The third-order valence-corrected chi connectivity index (χ3v) is 2.78. The molecule has 0 radical (unpaired) electrons. The maximum absolute atomic E-state index is 12.5. The molecule has 0 aliphatic carbocycles. The largest absolute Gasteiger partial charge is 0.469 e. The summed E-state index contributed by atoms with van der Waals surface area (Å²) in [5.74, 6) is -1.17. The molecule has 1 aliphatic rings. The first-order valence-corrected chi connectivity index (χ1v) is 4.71. The van der Waals surface area contributed by atoms with Gasteiger partial charge in [0.15, 0.2) is 0 Å². The van der Waals surface area contributed by atoms with Gasteiger partial charge < -0.3 is 4.74 Å². The highest BCUT2D eigenvalue weighted by Gasteiger charge is 2.46. The normalized spacial score (nSPS) is 28.9. The van der Waals surface area contributed by atoms with Crippen LogP contribution in [0.3, 0.4) is 0 Å². The number of nitrogens with zero attached hydrogens (tertiary/aromatic N) is 1. The Morgan fingerprint density at radius 1 is 1.47 bits per heavy atom. The third-order valence-electron chi connectivity index (χ3n) is 2.78. The highest BCUT2D eigenvalue weighted by molar-refractivity contribution is 5.72. The summed E-state index contributed by atoms with van der Waals surface area (Å²) in [6, 6.07) is -1.53. The van der Waals surface area contributed by atoms with E-state index in [1.807, 2.05) is 0 Å². The second kappa shape index (κ2) is 4.38. The summed E-state index contributed by atoms with van der Waals surface area (Å²) in [5.41, 5.74) is 0. The molecule has 6 heteroatoms. The van der Waals surface area contributed by atoms with Crippen molar-refractivity contribution in [1.29, 1.82) is 0 Å². The van der Waals surface area contributed by atoms with E-state index in [4.69, 9.17) is 0 Å². The molecule has 0 N–H and O–H groups in total. The van der Waals surface area contributed by atoms with Crippen LogP contribution in [0.2, 0.25) is 0 Å². The van der Waals surface area contributed by atoms with Crippen molar-refractivity contribution in [1.82, 2.24) is 4.90 Å². The molecule has 0 amide bonds. The van der Waals surface area contributed by atoms with E-state index < -0.39 is 24.1 Å². The SMILES string of the molecule is COC(=O)C1CCN(C)C(C(F)(F)F)C1. The fraction of sp³-hybridized carbons (Fsp3) is 0.889. The van der Waals surface area contributed by atoms with Crippen LogP contribution in [0, 0.1) is 5.92 Å². The molecule has 0 saturated carbocycles.